The molecular formula is C21H16N6. The van der Waals surface area contributed by atoms with E-state index in [1.165, 1.54) is 0 Å². The second-order valence-corrected chi connectivity index (χ2v) is 6.37. The summed E-state index contributed by atoms with van der Waals surface area (Å²) in [6, 6.07) is 19.6. The van der Waals surface area contributed by atoms with E-state index in [9.17, 15) is 0 Å². The summed E-state index contributed by atoms with van der Waals surface area (Å²) in [5.41, 5.74) is 15.6. The first-order valence-corrected chi connectivity index (χ1v) is 8.55. The zero-order valence-corrected chi connectivity index (χ0v) is 14.4. The van der Waals surface area contributed by atoms with E-state index in [1.807, 2.05) is 28.9 Å². The lowest BCUT2D eigenvalue weighted by Crippen LogP contribution is -2.01. The van der Waals surface area contributed by atoms with E-state index >= 15 is 0 Å². The lowest BCUT2D eigenvalue weighted by molar-refractivity contribution is 0.903. The molecule has 0 spiro atoms. The van der Waals surface area contributed by atoms with Crippen molar-refractivity contribution in [2.75, 3.05) is 11.5 Å². The van der Waals surface area contributed by atoms with Crippen molar-refractivity contribution in [2.45, 2.75) is 0 Å². The lowest BCUT2D eigenvalue weighted by atomic mass is 10.1. The summed E-state index contributed by atoms with van der Waals surface area (Å²) in [6.45, 7) is 0. The number of anilines is 2. The number of rotatable bonds is 2. The second-order valence-electron chi connectivity index (χ2n) is 6.37. The Hall–Kier alpha value is -3.93. The lowest BCUT2D eigenvalue weighted by Gasteiger charge is -2.09. The van der Waals surface area contributed by atoms with Crippen LogP contribution in [0.25, 0.3) is 38.9 Å². The number of fused-ring (bicyclic) bond motifs is 2. The molecule has 3 aromatic carbocycles. The molecule has 2 aromatic heterocycles. The van der Waals surface area contributed by atoms with Crippen LogP contribution in [0.1, 0.15) is 0 Å². The Labute approximate surface area is 155 Å². The predicted molar refractivity (Wildman–Crippen MR) is 108 cm³/mol. The quantitative estimate of drug-likeness (QED) is 0.471. The fourth-order valence-electron chi connectivity index (χ4n) is 3.28. The molecule has 0 fully saturated rings. The summed E-state index contributed by atoms with van der Waals surface area (Å²) in [5.74, 6) is 0.522. The minimum atomic E-state index is 0.522. The number of benzene rings is 3. The van der Waals surface area contributed by atoms with E-state index < -0.39 is 0 Å². The third-order valence-corrected chi connectivity index (χ3v) is 4.62. The zero-order valence-electron chi connectivity index (χ0n) is 14.4. The van der Waals surface area contributed by atoms with E-state index in [4.69, 9.17) is 16.5 Å². The minimum Gasteiger partial charge on any atom is -0.399 e. The fraction of sp³-hybridized carbons (Fsp3) is 0. The SMILES string of the molecule is Nc1ccc(N)c(-c2ncc3cnn(-c4cccc5ccccc45)c3n2)c1. The second kappa shape index (κ2) is 5.81. The molecule has 0 aliphatic heterocycles. The van der Waals surface area contributed by atoms with E-state index in [0.29, 0.717) is 22.8 Å². The summed E-state index contributed by atoms with van der Waals surface area (Å²) in [7, 11) is 0. The molecule has 0 saturated carbocycles. The molecule has 5 rings (SSSR count). The number of hydrogen-bond acceptors (Lipinski definition) is 5. The number of nitrogens with zero attached hydrogens (tertiary/aromatic N) is 4. The Morgan fingerprint density at radius 2 is 1.67 bits per heavy atom. The molecule has 0 aliphatic rings. The maximum absolute atomic E-state index is 6.11. The van der Waals surface area contributed by atoms with Gasteiger partial charge >= 0.3 is 0 Å². The van der Waals surface area contributed by atoms with Crippen molar-refractivity contribution in [3.8, 4) is 17.1 Å². The van der Waals surface area contributed by atoms with Crippen LogP contribution in [0, 0.1) is 0 Å². The van der Waals surface area contributed by atoms with Gasteiger partial charge in [-0.1, -0.05) is 36.4 Å². The molecule has 0 bridgehead atoms. The average molecular weight is 352 g/mol. The van der Waals surface area contributed by atoms with Gasteiger partial charge in [-0.25, -0.2) is 14.6 Å². The van der Waals surface area contributed by atoms with Gasteiger partial charge in [0.1, 0.15) is 0 Å². The molecule has 0 atom stereocenters. The van der Waals surface area contributed by atoms with Gasteiger partial charge in [-0.2, -0.15) is 5.10 Å². The van der Waals surface area contributed by atoms with Gasteiger partial charge in [-0.05, 0) is 29.7 Å². The summed E-state index contributed by atoms with van der Waals surface area (Å²) >= 11 is 0. The maximum atomic E-state index is 6.11. The van der Waals surface area contributed by atoms with Crippen LogP contribution < -0.4 is 11.5 Å². The van der Waals surface area contributed by atoms with Gasteiger partial charge in [0.2, 0.25) is 0 Å². The monoisotopic (exact) mass is 352 g/mol. The molecule has 0 radical (unpaired) electrons. The van der Waals surface area contributed by atoms with E-state index in [1.54, 1.807) is 30.6 Å². The molecule has 6 heteroatoms. The highest BCUT2D eigenvalue weighted by Gasteiger charge is 2.13. The molecule has 0 aliphatic carbocycles. The van der Waals surface area contributed by atoms with E-state index in [0.717, 1.165) is 27.5 Å². The minimum absolute atomic E-state index is 0.522. The highest BCUT2D eigenvalue weighted by atomic mass is 15.3. The number of hydrogen-bond donors (Lipinski definition) is 2. The van der Waals surface area contributed by atoms with Crippen LogP contribution in [0.2, 0.25) is 0 Å². The van der Waals surface area contributed by atoms with Gasteiger partial charge in [-0.15, -0.1) is 0 Å². The summed E-state index contributed by atoms with van der Waals surface area (Å²) in [5, 5.41) is 7.66. The fourth-order valence-corrected chi connectivity index (χ4v) is 3.28. The highest BCUT2D eigenvalue weighted by molar-refractivity contribution is 5.92. The van der Waals surface area contributed by atoms with Gasteiger partial charge in [-0.3, -0.25) is 0 Å². The molecule has 2 heterocycles. The van der Waals surface area contributed by atoms with E-state index in [2.05, 4.69) is 28.3 Å². The van der Waals surface area contributed by atoms with Crippen molar-refractivity contribution in [3.63, 3.8) is 0 Å². The molecular weight excluding hydrogens is 336 g/mol. The van der Waals surface area contributed by atoms with Crippen LogP contribution in [0.3, 0.4) is 0 Å². The first kappa shape index (κ1) is 15.3. The van der Waals surface area contributed by atoms with Crippen LogP contribution in [0.15, 0.2) is 73.1 Å². The number of nitrogen functional groups attached to an aromatic ring is 2. The molecule has 27 heavy (non-hydrogen) atoms. The van der Waals surface area contributed by atoms with Gasteiger partial charge in [0.05, 0.1) is 17.3 Å². The van der Waals surface area contributed by atoms with Gasteiger partial charge in [0.15, 0.2) is 11.5 Å². The van der Waals surface area contributed by atoms with Gasteiger partial charge < -0.3 is 11.5 Å². The smallest absolute Gasteiger partial charge is 0.166 e. The van der Waals surface area contributed by atoms with Crippen molar-refractivity contribution in [1.82, 2.24) is 19.7 Å². The van der Waals surface area contributed by atoms with Crippen LogP contribution >= 0.6 is 0 Å². The molecule has 0 unspecified atom stereocenters. The van der Waals surface area contributed by atoms with Crippen molar-refractivity contribution in [2.24, 2.45) is 0 Å². The summed E-state index contributed by atoms with van der Waals surface area (Å²) < 4.78 is 1.84. The Kier molecular flexibility index (Phi) is 3.30. The van der Waals surface area contributed by atoms with Gasteiger partial charge in [0.25, 0.3) is 0 Å². The Balaban J connectivity index is 1.76. The molecule has 4 N–H and O–H groups in total. The van der Waals surface area contributed by atoms with Crippen molar-refractivity contribution in [3.05, 3.63) is 73.1 Å². The Morgan fingerprint density at radius 3 is 2.59 bits per heavy atom. The van der Waals surface area contributed by atoms with Crippen LogP contribution in [0.5, 0.6) is 0 Å². The zero-order chi connectivity index (χ0) is 18.4. The molecule has 0 saturated heterocycles. The third kappa shape index (κ3) is 2.46. The Bertz CT molecular complexity index is 1300. The van der Waals surface area contributed by atoms with Crippen molar-refractivity contribution >= 4 is 33.2 Å². The average Bonchev–Trinajstić information content (AvgIpc) is 3.12. The number of aromatic nitrogens is 4. The van der Waals surface area contributed by atoms with E-state index in [-0.39, 0.29) is 0 Å². The van der Waals surface area contributed by atoms with Crippen molar-refractivity contribution in [1.29, 1.82) is 0 Å². The molecule has 5 aromatic rings. The Morgan fingerprint density at radius 1 is 0.815 bits per heavy atom. The first-order valence-electron chi connectivity index (χ1n) is 8.55. The molecule has 130 valence electrons. The molecule has 0 amide bonds. The normalized spacial score (nSPS) is 11.3. The highest BCUT2D eigenvalue weighted by Crippen LogP contribution is 2.28. The largest absolute Gasteiger partial charge is 0.399 e. The predicted octanol–water partition coefficient (Wildman–Crippen LogP) is 3.80. The maximum Gasteiger partial charge on any atom is 0.166 e. The third-order valence-electron chi connectivity index (χ3n) is 4.62. The van der Waals surface area contributed by atoms with Crippen molar-refractivity contribution < 1.29 is 0 Å². The van der Waals surface area contributed by atoms with Crippen LogP contribution in [-0.2, 0) is 0 Å². The van der Waals surface area contributed by atoms with Gasteiger partial charge in [0, 0.05) is 28.5 Å². The summed E-state index contributed by atoms with van der Waals surface area (Å²) in [4.78, 5) is 9.19. The molecule has 6 nitrogen and oxygen atoms in total. The standard InChI is InChI=1S/C21H16N6/c22-15-8-9-18(23)17(10-15)20-24-11-14-12-25-27(21(14)26-20)19-7-3-5-13-4-1-2-6-16(13)19/h1-12H,22-23H2. The summed E-state index contributed by atoms with van der Waals surface area (Å²) in [6.07, 6.45) is 3.53. The van der Waals surface area contributed by atoms with Crippen LogP contribution in [-0.4, -0.2) is 19.7 Å². The van der Waals surface area contributed by atoms with Crippen LogP contribution in [0.4, 0.5) is 11.4 Å². The first-order chi connectivity index (χ1) is 13.2. The number of nitrogens with two attached hydrogens (primary N) is 2. The topological polar surface area (TPSA) is 95.6 Å².